The van der Waals surface area contributed by atoms with E-state index in [1.807, 2.05) is 11.4 Å². The second-order valence-corrected chi connectivity index (χ2v) is 5.88. The monoisotopic (exact) mass is 340 g/mol. The maximum Gasteiger partial charge on any atom is 0.272 e. The standard InChI is InChI=1S/C12H13BrN4OS/c1-17(6-10-4-8(13)7-19-10)12(18)11-5-9(16-14)2-3-15-11/h2-5,7H,6,14H2,1H3,(H,15,16). The van der Waals surface area contributed by atoms with Gasteiger partial charge in [-0.15, -0.1) is 11.3 Å². The molecule has 0 aromatic carbocycles. The lowest BCUT2D eigenvalue weighted by Gasteiger charge is -2.15. The predicted molar refractivity (Wildman–Crippen MR) is 79.9 cm³/mol. The number of aromatic nitrogens is 1. The summed E-state index contributed by atoms with van der Waals surface area (Å²) < 4.78 is 1.03. The summed E-state index contributed by atoms with van der Waals surface area (Å²) in [6.07, 6.45) is 1.55. The fraction of sp³-hybridized carbons (Fsp3) is 0.167. The zero-order chi connectivity index (χ0) is 13.8. The molecule has 0 fully saturated rings. The van der Waals surface area contributed by atoms with E-state index in [0.717, 1.165) is 9.35 Å². The molecule has 0 spiro atoms. The Kier molecular flexibility index (Phi) is 4.52. The van der Waals surface area contributed by atoms with Crippen molar-refractivity contribution in [2.75, 3.05) is 12.5 Å². The number of nitrogens with one attached hydrogen (secondary N) is 1. The van der Waals surface area contributed by atoms with Crippen LogP contribution in [0.3, 0.4) is 0 Å². The van der Waals surface area contributed by atoms with E-state index < -0.39 is 0 Å². The number of hydrazine groups is 1. The van der Waals surface area contributed by atoms with Gasteiger partial charge in [0.15, 0.2) is 0 Å². The number of hydrogen-bond donors (Lipinski definition) is 2. The van der Waals surface area contributed by atoms with Crippen molar-refractivity contribution in [3.8, 4) is 0 Å². The molecule has 0 atom stereocenters. The molecule has 2 rings (SSSR count). The Bertz CT molecular complexity index is 587. The van der Waals surface area contributed by atoms with Crippen LogP contribution < -0.4 is 11.3 Å². The maximum atomic E-state index is 12.2. The first-order chi connectivity index (χ1) is 9.10. The number of hydrogen-bond acceptors (Lipinski definition) is 5. The van der Waals surface area contributed by atoms with Crippen molar-refractivity contribution in [1.29, 1.82) is 0 Å². The number of nitrogen functional groups attached to an aromatic ring is 1. The Morgan fingerprint density at radius 3 is 3.00 bits per heavy atom. The van der Waals surface area contributed by atoms with E-state index >= 15 is 0 Å². The molecule has 0 unspecified atom stereocenters. The molecule has 0 aliphatic rings. The smallest absolute Gasteiger partial charge is 0.272 e. The summed E-state index contributed by atoms with van der Waals surface area (Å²) >= 11 is 5.00. The van der Waals surface area contributed by atoms with Crippen LogP contribution in [-0.4, -0.2) is 22.8 Å². The number of nitrogens with zero attached hydrogens (tertiary/aromatic N) is 2. The number of amides is 1. The highest BCUT2D eigenvalue weighted by Gasteiger charge is 2.14. The van der Waals surface area contributed by atoms with Crippen molar-refractivity contribution in [2.24, 2.45) is 5.84 Å². The van der Waals surface area contributed by atoms with Gasteiger partial charge < -0.3 is 10.3 Å². The van der Waals surface area contributed by atoms with Crippen LogP contribution in [0.25, 0.3) is 0 Å². The van der Waals surface area contributed by atoms with Gasteiger partial charge in [-0.2, -0.15) is 0 Å². The van der Waals surface area contributed by atoms with E-state index in [1.54, 1.807) is 41.6 Å². The van der Waals surface area contributed by atoms with Gasteiger partial charge >= 0.3 is 0 Å². The normalized spacial score (nSPS) is 10.3. The molecule has 0 saturated heterocycles. The van der Waals surface area contributed by atoms with Gasteiger partial charge in [-0.1, -0.05) is 0 Å². The fourth-order valence-electron chi connectivity index (χ4n) is 1.58. The number of carbonyl (C=O) groups is 1. The van der Waals surface area contributed by atoms with Crippen LogP contribution in [0, 0.1) is 0 Å². The highest BCUT2D eigenvalue weighted by molar-refractivity contribution is 9.10. The lowest BCUT2D eigenvalue weighted by Crippen LogP contribution is -2.26. The van der Waals surface area contributed by atoms with E-state index in [9.17, 15) is 4.79 Å². The molecule has 1 amide bonds. The molecule has 2 aromatic rings. The van der Waals surface area contributed by atoms with Crippen LogP contribution in [0.15, 0.2) is 34.2 Å². The second-order valence-electron chi connectivity index (χ2n) is 3.97. The van der Waals surface area contributed by atoms with Crippen molar-refractivity contribution in [2.45, 2.75) is 6.54 Å². The summed E-state index contributed by atoms with van der Waals surface area (Å²) in [5.41, 5.74) is 3.53. The van der Waals surface area contributed by atoms with Gasteiger partial charge in [0, 0.05) is 28.0 Å². The average Bonchev–Trinajstić information content (AvgIpc) is 2.83. The highest BCUT2D eigenvalue weighted by Crippen LogP contribution is 2.21. The minimum Gasteiger partial charge on any atom is -0.335 e. The van der Waals surface area contributed by atoms with E-state index in [2.05, 4.69) is 26.3 Å². The van der Waals surface area contributed by atoms with E-state index in [1.165, 1.54) is 0 Å². The lowest BCUT2D eigenvalue weighted by atomic mass is 10.3. The molecule has 0 aliphatic heterocycles. The van der Waals surface area contributed by atoms with Crippen LogP contribution in [0.1, 0.15) is 15.4 Å². The third-order valence-corrected chi connectivity index (χ3v) is 4.19. The van der Waals surface area contributed by atoms with Crippen LogP contribution in [0.2, 0.25) is 0 Å². The molecule has 3 N–H and O–H groups in total. The number of pyridine rings is 1. The average molecular weight is 341 g/mol. The second kappa shape index (κ2) is 6.14. The van der Waals surface area contributed by atoms with Crippen LogP contribution in [0.4, 0.5) is 5.69 Å². The summed E-state index contributed by atoms with van der Waals surface area (Å²) in [6, 6.07) is 5.33. The number of carbonyl (C=O) groups excluding carboxylic acids is 1. The third kappa shape index (κ3) is 3.52. The SMILES string of the molecule is CN(Cc1cc(Br)cs1)C(=O)c1cc(NN)ccn1. The first-order valence-corrected chi connectivity index (χ1v) is 7.18. The van der Waals surface area contributed by atoms with Gasteiger partial charge in [0.25, 0.3) is 5.91 Å². The van der Waals surface area contributed by atoms with Crippen molar-refractivity contribution >= 4 is 38.9 Å². The molecule has 2 heterocycles. The Hall–Kier alpha value is -1.44. The van der Waals surface area contributed by atoms with Crippen LogP contribution in [-0.2, 0) is 6.54 Å². The Morgan fingerprint density at radius 1 is 1.58 bits per heavy atom. The maximum absolute atomic E-state index is 12.2. The Morgan fingerprint density at radius 2 is 2.37 bits per heavy atom. The molecule has 7 heteroatoms. The number of nitrogens with two attached hydrogens (primary N) is 1. The molecule has 2 aromatic heterocycles. The van der Waals surface area contributed by atoms with Gasteiger partial charge in [-0.3, -0.25) is 15.6 Å². The van der Waals surface area contributed by atoms with Crippen LogP contribution in [0.5, 0.6) is 0 Å². The molecule has 100 valence electrons. The lowest BCUT2D eigenvalue weighted by molar-refractivity contribution is 0.0780. The fourth-order valence-corrected chi connectivity index (χ4v) is 3.08. The van der Waals surface area contributed by atoms with Gasteiger partial charge in [-0.25, -0.2) is 0 Å². The summed E-state index contributed by atoms with van der Waals surface area (Å²) in [5, 5.41) is 1.99. The molecule has 19 heavy (non-hydrogen) atoms. The van der Waals surface area contributed by atoms with Crippen molar-refractivity contribution in [3.05, 3.63) is 44.8 Å². The van der Waals surface area contributed by atoms with Crippen molar-refractivity contribution < 1.29 is 4.79 Å². The van der Waals surface area contributed by atoms with Crippen molar-refractivity contribution in [1.82, 2.24) is 9.88 Å². The van der Waals surface area contributed by atoms with Gasteiger partial charge in [-0.05, 0) is 34.1 Å². The van der Waals surface area contributed by atoms with E-state index in [0.29, 0.717) is 17.9 Å². The molecular weight excluding hydrogens is 328 g/mol. The highest BCUT2D eigenvalue weighted by atomic mass is 79.9. The third-order valence-electron chi connectivity index (χ3n) is 2.51. The van der Waals surface area contributed by atoms with Crippen molar-refractivity contribution in [3.63, 3.8) is 0 Å². The minimum atomic E-state index is -0.137. The number of halogens is 1. The minimum absolute atomic E-state index is 0.137. The van der Waals surface area contributed by atoms with E-state index in [4.69, 9.17) is 5.84 Å². The Balaban J connectivity index is 2.09. The summed E-state index contributed by atoms with van der Waals surface area (Å²) in [6.45, 7) is 0.553. The predicted octanol–water partition coefficient (Wildman–Crippen LogP) is 2.46. The molecule has 0 saturated carbocycles. The topological polar surface area (TPSA) is 71.2 Å². The van der Waals surface area contributed by atoms with Gasteiger partial charge in [0.2, 0.25) is 0 Å². The van der Waals surface area contributed by atoms with E-state index in [-0.39, 0.29) is 5.91 Å². The number of rotatable bonds is 4. The Labute approximate surface area is 123 Å². The zero-order valence-corrected chi connectivity index (χ0v) is 12.7. The quantitative estimate of drug-likeness (QED) is 0.662. The van der Waals surface area contributed by atoms with Crippen LogP contribution >= 0.6 is 27.3 Å². The first-order valence-electron chi connectivity index (χ1n) is 5.51. The number of anilines is 1. The summed E-state index contributed by atoms with van der Waals surface area (Å²) in [7, 11) is 1.75. The zero-order valence-electron chi connectivity index (χ0n) is 10.3. The molecule has 5 nitrogen and oxygen atoms in total. The molecular formula is C12H13BrN4OS. The van der Waals surface area contributed by atoms with Gasteiger partial charge in [0.05, 0.1) is 12.2 Å². The number of thiophene rings is 1. The first kappa shape index (κ1) is 14.0. The summed E-state index contributed by atoms with van der Waals surface area (Å²) in [5.74, 6) is 5.18. The molecule has 0 bridgehead atoms. The molecule has 0 aliphatic carbocycles. The largest absolute Gasteiger partial charge is 0.335 e. The van der Waals surface area contributed by atoms with Gasteiger partial charge in [0.1, 0.15) is 5.69 Å². The molecule has 0 radical (unpaired) electrons. The summed E-state index contributed by atoms with van der Waals surface area (Å²) in [4.78, 5) is 19.0.